The summed E-state index contributed by atoms with van der Waals surface area (Å²) in [6.45, 7) is 6.80. The van der Waals surface area contributed by atoms with Gasteiger partial charge in [0.05, 0.1) is 0 Å². The normalized spacial score (nSPS) is 33.2. The van der Waals surface area contributed by atoms with Crippen LogP contribution in [0.3, 0.4) is 0 Å². The Labute approximate surface area is 101 Å². The topological polar surface area (TPSA) is 29.3 Å². The summed E-state index contributed by atoms with van der Waals surface area (Å²) in [6, 6.07) is 0.866. The van der Waals surface area contributed by atoms with Crippen molar-refractivity contribution in [1.82, 2.24) is 4.90 Å². The van der Waals surface area contributed by atoms with Gasteiger partial charge in [0.1, 0.15) is 0 Å². The first kappa shape index (κ1) is 12.4. The Morgan fingerprint density at radius 1 is 1.31 bits per heavy atom. The molecule has 0 amide bonds. The molecular formula is C14H28N2. The Balaban J connectivity index is 2.06. The van der Waals surface area contributed by atoms with E-state index in [1.165, 1.54) is 51.5 Å². The number of nitrogens with zero attached hydrogens (tertiary/aromatic N) is 1. The van der Waals surface area contributed by atoms with Crippen molar-refractivity contribution in [1.29, 1.82) is 0 Å². The second kappa shape index (κ2) is 5.05. The number of rotatable bonds is 6. The Morgan fingerprint density at radius 2 is 2.12 bits per heavy atom. The predicted octanol–water partition coefficient (Wildman–Crippen LogP) is 2.77. The van der Waals surface area contributed by atoms with E-state index in [0.717, 1.165) is 18.5 Å². The highest BCUT2D eigenvalue weighted by Crippen LogP contribution is 2.43. The van der Waals surface area contributed by atoms with E-state index in [1.807, 2.05) is 0 Å². The van der Waals surface area contributed by atoms with E-state index >= 15 is 0 Å². The molecule has 2 N–H and O–H groups in total. The molecule has 16 heavy (non-hydrogen) atoms. The van der Waals surface area contributed by atoms with Gasteiger partial charge in [0.15, 0.2) is 0 Å². The zero-order valence-electron chi connectivity index (χ0n) is 11.0. The summed E-state index contributed by atoms with van der Waals surface area (Å²) in [7, 11) is 0. The second-order valence-corrected chi connectivity index (χ2v) is 5.87. The first-order chi connectivity index (χ1) is 7.75. The molecule has 2 aliphatic rings. The lowest BCUT2D eigenvalue weighted by atomic mass is 9.86. The largest absolute Gasteiger partial charge is 0.329 e. The van der Waals surface area contributed by atoms with Crippen molar-refractivity contribution in [3.05, 3.63) is 0 Å². The van der Waals surface area contributed by atoms with Gasteiger partial charge in [0, 0.05) is 24.7 Å². The van der Waals surface area contributed by atoms with Gasteiger partial charge in [-0.1, -0.05) is 26.7 Å². The Kier molecular flexibility index (Phi) is 3.91. The van der Waals surface area contributed by atoms with Crippen LogP contribution in [0.25, 0.3) is 0 Å². The summed E-state index contributed by atoms with van der Waals surface area (Å²) in [5.74, 6) is 0.990. The molecular weight excluding hydrogens is 196 g/mol. The maximum atomic E-state index is 6.13. The molecule has 2 nitrogen and oxygen atoms in total. The van der Waals surface area contributed by atoms with Gasteiger partial charge in [0.2, 0.25) is 0 Å². The van der Waals surface area contributed by atoms with Crippen molar-refractivity contribution >= 4 is 0 Å². The highest BCUT2D eigenvalue weighted by Gasteiger charge is 2.46. The molecule has 1 aliphatic carbocycles. The van der Waals surface area contributed by atoms with Crippen molar-refractivity contribution in [2.45, 2.75) is 70.4 Å². The monoisotopic (exact) mass is 224 g/mol. The number of likely N-dealkylation sites (tertiary alicyclic amines) is 1. The third-order valence-corrected chi connectivity index (χ3v) is 5.05. The Morgan fingerprint density at radius 3 is 2.56 bits per heavy atom. The standard InChI is InChI=1S/C14H28N2/c1-3-5-8-14(4-2,11-15)16-10-12-6-7-13(16)9-12/h12-13H,3-11,15H2,1-2H3. The lowest BCUT2D eigenvalue weighted by molar-refractivity contribution is 0.0477. The molecule has 3 atom stereocenters. The summed E-state index contributed by atoms with van der Waals surface area (Å²) in [5, 5.41) is 0. The van der Waals surface area contributed by atoms with Crippen LogP contribution in [-0.4, -0.2) is 29.6 Å². The first-order valence-electron chi connectivity index (χ1n) is 7.22. The van der Waals surface area contributed by atoms with Crippen molar-refractivity contribution in [2.75, 3.05) is 13.1 Å². The molecule has 2 fully saturated rings. The van der Waals surface area contributed by atoms with Crippen LogP contribution in [0.1, 0.15) is 58.8 Å². The van der Waals surface area contributed by atoms with Gasteiger partial charge in [-0.15, -0.1) is 0 Å². The van der Waals surface area contributed by atoms with Crippen LogP contribution < -0.4 is 5.73 Å². The number of nitrogens with two attached hydrogens (primary N) is 1. The van der Waals surface area contributed by atoms with Gasteiger partial charge < -0.3 is 5.73 Å². The van der Waals surface area contributed by atoms with Gasteiger partial charge in [-0.2, -0.15) is 0 Å². The van der Waals surface area contributed by atoms with Crippen LogP contribution in [-0.2, 0) is 0 Å². The highest BCUT2D eigenvalue weighted by molar-refractivity contribution is 5.02. The number of hydrogen-bond acceptors (Lipinski definition) is 2. The molecule has 1 heterocycles. The van der Waals surface area contributed by atoms with Crippen LogP contribution in [0, 0.1) is 5.92 Å². The lowest BCUT2D eigenvalue weighted by Gasteiger charge is -2.45. The molecule has 1 saturated heterocycles. The maximum absolute atomic E-state index is 6.13. The average molecular weight is 224 g/mol. The zero-order valence-corrected chi connectivity index (χ0v) is 11.0. The van der Waals surface area contributed by atoms with Gasteiger partial charge in [-0.3, -0.25) is 4.90 Å². The fraction of sp³-hybridized carbons (Fsp3) is 1.00. The van der Waals surface area contributed by atoms with Crippen LogP contribution in [0.15, 0.2) is 0 Å². The van der Waals surface area contributed by atoms with E-state index in [9.17, 15) is 0 Å². The molecule has 0 aromatic carbocycles. The SMILES string of the molecule is CCCCC(CC)(CN)N1CC2CCC1C2. The zero-order chi connectivity index (χ0) is 11.6. The fourth-order valence-electron chi connectivity index (χ4n) is 3.90. The van der Waals surface area contributed by atoms with E-state index in [2.05, 4.69) is 18.7 Å². The predicted molar refractivity (Wildman–Crippen MR) is 69.4 cm³/mol. The lowest BCUT2D eigenvalue weighted by Crippen LogP contribution is -2.56. The van der Waals surface area contributed by atoms with Crippen molar-refractivity contribution in [2.24, 2.45) is 11.7 Å². The minimum atomic E-state index is 0.329. The molecule has 3 unspecified atom stereocenters. The van der Waals surface area contributed by atoms with Crippen molar-refractivity contribution in [3.63, 3.8) is 0 Å². The van der Waals surface area contributed by atoms with E-state index in [1.54, 1.807) is 0 Å². The van der Waals surface area contributed by atoms with Gasteiger partial charge in [-0.25, -0.2) is 0 Å². The number of fused-ring (bicyclic) bond motifs is 2. The maximum Gasteiger partial charge on any atom is 0.0332 e. The summed E-state index contributed by atoms with van der Waals surface area (Å²) in [5.41, 5.74) is 6.46. The van der Waals surface area contributed by atoms with Gasteiger partial charge >= 0.3 is 0 Å². The fourth-order valence-corrected chi connectivity index (χ4v) is 3.90. The number of unbranched alkanes of at least 4 members (excludes halogenated alkanes) is 1. The van der Waals surface area contributed by atoms with Crippen LogP contribution in [0.4, 0.5) is 0 Å². The molecule has 0 aromatic rings. The molecule has 1 aliphatic heterocycles. The minimum Gasteiger partial charge on any atom is -0.329 e. The Bertz CT molecular complexity index is 223. The van der Waals surface area contributed by atoms with E-state index in [4.69, 9.17) is 5.73 Å². The average Bonchev–Trinajstić information content (AvgIpc) is 2.94. The molecule has 2 rings (SSSR count). The first-order valence-corrected chi connectivity index (χ1v) is 7.22. The third kappa shape index (κ3) is 2.02. The highest BCUT2D eigenvalue weighted by atomic mass is 15.3. The number of hydrogen-bond donors (Lipinski definition) is 1. The summed E-state index contributed by atoms with van der Waals surface area (Å²) in [4.78, 5) is 2.79. The van der Waals surface area contributed by atoms with E-state index in [0.29, 0.717) is 5.54 Å². The molecule has 2 heteroatoms. The van der Waals surface area contributed by atoms with E-state index in [-0.39, 0.29) is 0 Å². The molecule has 1 saturated carbocycles. The minimum absolute atomic E-state index is 0.329. The summed E-state index contributed by atoms with van der Waals surface area (Å²) >= 11 is 0. The van der Waals surface area contributed by atoms with Crippen LogP contribution >= 0.6 is 0 Å². The van der Waals surface area contributed by atoms with Crippen LogP contribution in [0.2, 0.25) is 0 Å². The van der Waals surface area contributed by atoms with Crippen molar-refractivity contribution in [3.8, 4) is 0 Å². The summed E-state index contributed by atoms with van der Waals surface area (Å²) < 4.78 is 0. The van der Waals surface area contributed by atoms with Gasteiger partial charge in [0.25, 0.3) is 0 Å². The third-order valence-electron chi connectivity index (χ3n) is 5.05. The molecule has 0 aromatic heterocycles. The molecule has 0 radical (unpaired) electrons. The van der Waals surface area contributed by atoms with Gasteiger partial charge in [-0.05, 0) is 38.0 Å². The quantitative estimate of drug-likeness (QED) is 0.751. The van der Waals surface area contributed by atoms with Crippen LogP contribution in [0.5, 0.6) is 0 Å². The number of piperidine rings is 1. The summed E-state index contributed by atoms with van der Waals surface area (Å²) in [6.07, 6.45) is 9.51. The molecule has 2 bridgehead atoms. The smallest absolute Gasteiger partial charge is 0.0332 e. The van der Waals surface area contributed by atoms with E-state index < -0.39 is 0 Å². The molecule has 94 valence electrons. The Hall–Kier alpha value is -0.0800. The second-order valence-electron chi connectivity index (χ2n) is 5.87. The van der Waals surface area contributed by atoms with Crippen molar-refractivity contribution < 1.29 is 0 Å². The molecule has 0 spiro atoms.